The molecule has 3 N–H and O–H groups in total. The van der Waals surface area contributed by atoms with Gasteiger partial charge in [-0.15, -0.1) is 0 Å². The second-order valence-electron chi connectivity index (χ2n) is 4.71. The first-order chi connectivity index (χ1) is 9.14. The number of rotatable bonds is 1. The molecule has 98 valence electrons. The minimum atomic E-state index is -1.26. The molecule has 4 heteroatoms. The van der Waals surface area contributed by atoms with Gasteiger partial charge in [-0.3, -0.25) is 0 Å². The van der Waals surface area contributed by atoms with Crippen LogP contribution in [0.2, 0.25) is 0 Å². The van der Waals surface area contributed by atoms with Gasteiger partial charge >= 0.3 is 0 Å². The molecule has 2 aromatic rings. The maximum Gasteiger partial charge on any atom is 0.136 e. The molecule has 1 heterocycles. The van der Waals surface area contributed by atoms with Crippen molar-refractivity contribution in [3.8, 4) is 16.9 Å². The van der Waals surface area contributed by atoms with Gasteiger partial charge in [0.05, 0.1) is 0 Å². The molecule has 0 bridgehead atoms. The van der Waals surface area contributed by atoms with E-state index in [-0.39, 0.29) is 19.0 Å². The van der Waals surface area contributed by atoms with E-state index in [0.29, 0.717) is 16.9 Å². The Balaban J connectivity index is 2.29. The van der Waals surface area contributed by atoms with E-state index in [0.717, 1.165) is 5.56 Å². The Morgan fingerprint density at radius 3 is 2.79 bits per heavy atom. The van der Waals surface area contributed by atoms with Crippen LogP contribution >= 0.6 is 0 Å². The zero-order valence-electron chi connectivity index (χ0n) is 10.3. The van der Waals surface area contributed by atoms with Gasteiger partial charge in [0, 0.05) is 12.1 Å². The smallest absolute Gasteiger partial charge is 0.136 e. The molecule has 1 aliphatic rings. The van der Waals surface area contributed by atoms with Crippen LogP contribution in [0.3, 0.4) is 0 Å². The van der Waals surface area contributed by atoms with Crippen molar-refractivity contribution in [3.05, 3.63) is 53.8 Å². The number of ether oxygens (including phenoxy) is 1. The monoisotopic (exact) mass is 259 g/mol. The zero-order chi connectivity index (χ0) is 13.5. The first kappa shape index (κ1) is 12.1. The summed E-state index contributed by atoms with van der Waals surface area (Å²) in [5, 5.41) is 10.6. The van der Waals surface area contributed by atoms with E-state index in [4.69, 9.17) is 10.5 Å². The number of aliphatic hydroxyl groups is 1. The van der Waals surface area contributed by atoms with Crippen LogP contribution in [0.1, 0.15) is 5.56 Å². The number of hydrogen-bond acceptors (Lipinski definition) is 3. The van der Waals surface area contributed by atoms with Crippen LogP contribution in [-0.2, 0) is 5.60 Å². The summed E-state index contributed by atoms with van der Waals surface area (Å²) in [6.07, 6.45) is 0. The Morgan fingerprint density at radius 1 is 1.21 bits per heavy atom. The average molecular weight is 259 g/mol. The summed E-state index contributed by atoms with van der Waals surface area (Å²) in [4.78, 5) is 0. The van der Waals surface area contributed by atoms with Crippen LogP contribution in [0, 0.1) is 5.82 Å². The summed E-state index contributed by atoms with van der Waals surface area (Å²) in [6, 6.07) is 11.6. The fourth-order valence-corrected chi connectivity index (χ4v) is 2.41. The van der Waals surface area contributed by atoms with E-state index in [2.05, 4.69) is 0 Å². The van der Waals surface area contributed by atoms with Gasteiger partial charge in [0.15, 0.2) is 0 Å². The van der Waals surface area contributed by atoms with Gasteiger partial charge in [0.2, 0.25) is 0 Å². The van der Waals surface area contributed by atoms with E-state index in [1.54, 1.807) is 12.1 Å². The topological polar surface area (TPSA) is 55.5 Å². The number of halogens is 1. The highest BCUT2D eigenvalue weighted by Crippen LogP contribution is 2.40. The number of nitrogens with two attached hydrogens (primary N) is 1. The number of hydrogen-bond donors (Lipinski definition) is 2. The average Bonchev–Trinajstić information content (AvgIpc) is 2.56. The lowest BCUT2D eigenvalue weighted by Gasteiger charge is -2.26. The van der Waals surface area contributed by atoms with Gasteiger partial charge in [-0.05, 0) is 29.3 Å². The fourth-order valence-electron chi connectivity index (χ4n) is 2.41. The lowest BCUT2D eigenvalue weighted by molar-refractivity contribution is 0.00105. The Kier molecular flexibility index (Phi) is 2.77. The second kappa shape index (κ2) is 4.33. The SMILES string of the molecule is NCC1(O)COc2ccc(F)cc2-c2ccccc21. The summed E-state index contributed by atoms with van der Waals surface area (Å²) in [5.41, 5.74) is 6.48. The van der Waals surface area contributed by atoms with E-state index >= 15 is 0 Å². The molecule has 3 rings (SSSR count). The maximum atomic E-state index is 13.5. The van der Waals surface area contributed by atoms with Crippen LogP contribution in [0.15, 0.2) is 42.5 Å². The third kappa shape index (κ3) is 1.89. The Labute approximate surface area is 110 Å². The van der Waals surface area contributed by atoms with Crippen molar-refractivity contribution in [2.24, 2.45) is 5.73 Å². The minimum Gasteiger partial charge on any atom is -0.490 e. The van der Waals surface area contributed by atoms with Crippen molar-refractivity contribution in [2.75, 3.05) is 13.2 Å². The van der Waals surface area contributed by atoms with Crippen LogP contribution in [0.4, 0.5) is 4.39 Å². The molecule has 0 saturated carbocycles. The summed E-state index contributed by atoms with van der Waals surface area (Å²) >= 11 is 0. The van der Waals surface area contributed by atoms with Gasteiger partial charge in [0.1, 0.15) is 23.8 Å². The molecule has 0 aromatic heterocycles. The minimum absolute atomic E-state index is 0.0421. The molecule has 0 radical (unpaired) electrons. The van der Waals surface area contributed by atoms with Crippen LogP contribution in [0.25, 0.3) is 11.1 Å². The van der Waals surface area contributed by atoms with Crippen LogP contribution < -0.4 is 10.5 Å². The highest BCUT2D eigenvalue weighted by atomic mass is 19.1. The van der Waals surface area contributed by atoms with Crippen molar-refractivity contribution in [1.29, 1.82) is 0 Å². The third-order valence-electron chi connectivity index (χ3n) is 3.46. The van der Waals surface area contributed by atoms with Crippen LogP contribution in [-0.4, -0.2) is 18.3 Å². The predicted octanol–water partition coefficient (Wildman–Crippen LogP) is 2.03. The molecule has 1 unspecified atom stereocenters. The van der Waals surface area contributed by atoms with E-state index in [1.165, 1.54) is 12.1 Å². The molecule has 3 nitrogen and oxygen atoms in total. The summed E-state index contributed by atoms with van der Waals surface area (Å²) in [7, 11) is 0. The largest absolute Gasteiger partial charge is 0.490 e. The standard InChI is InChI=1S/C15H14FNO2/c16-10-5-6-14-12(7-10)11-3-1-2-4-13(11)15(18,8-17)9-19-14/h1-7,18H,8-9,17H2. The van der Waals surface area contributed by atoms with Crippen molar-refractivity contribution in [1.82, 2.24) is 0 Å². The molecule has 1 aliphatic heterocycles. The quantitative estimate of drug-likeness (QED) is 0.824. The van der Waals surface area contributed by atoms with Crippen molar-refractivity contribution in [2.45, 2.75) is 5.60 Å². The van der Waals surface area contributed by atoms with Gasteiger partial charge in [0.25, 0.3) is 0 Å². The lowest BCUT2D eigenvalue weighted by Crippen LogP contribution is -2.40. The predicted molar refractivity (Wildman–Crippen MR) is 70.3 cm³/mol. The number of benzene rings is 2. The first-order valence-electron chi connectivity index (χ1n) is 6.09. The van der Waals surface area contributed by atoms with Gasteiger partial charge in [-0.2, -0.15) is 0 Å². The number of fused-ring (bicyclic) bond motifs is 3. The van der Waals surface area contributed by atoms with Gasteiger partial charge < -0.3 is 15.6 Å². The molecular weight excluding hydrogens is 245 g/mol. The molecule has 0 spiro atoms. The third-order valence-corrected chi connectivity index (χ3v) is 3.46. The van der Waals surface area contributed by atoms with Crippen LogP contribution in [0.5, 0.6) is 5.75 Å². The van der Waals surface area contributed by atoms with Gasteiger partial charge in [-0.25, -0.2) is 4.39 Å². The lowest BCUT2D eigenvalue weighted by atomic mass is 9.88. The molecule has 2 aromatic carbocycles. The van der Waals surface area contributed by atoms with Crippen molar-refractivity contribution >= 4 is 0 Å². The zero-order valence-corrected chi connectivity index (χ0v) is 10.3. The molecule has 0 saturated heterocycles. The first-order valence-corrected chi connectivity index (χ1v) is 6.09. The highest BCUT2D eigenvalue weighted by Gasteiger charge is 2.34. The summed E-state index contributed by atoms with van der Waals surface area (Å²) < 4.78 is 19.0. The second-order valence-corrected chi connectivity index (χ2v) is 4.71. The normalized spacial score (nSPS) is 21.0. The molecule has 0 aliphatic carbocycles. The fraction of sp³-hybridized carbons (Fsp3) is 0.200. The highest BCUT2D eigenvalue weighted by molar-refractivity contribution is 5.75. The van der Waals surface area contributed by atoms with E-state index < -0.39 is 5.60 Å². The Bertz CT molecular complexity index is 629. The maximum absolute atomic E-state index is 13.5. The summed E-state index contributed by atoms with van der Waals surface area (Å²) in [5.74, 6) is 0.216. The molecule has 0 amide bonds. The molecular formula is C15H14FNO2. The Morgan fingerprint density at radius 2 is 2.00 bits per heavy atom. The van der Waals surface area contributed by atoms with E-state index in [1.807, 2.05) is 18.2 Å². The summed E-state index contributed by atoms with van der Waals surface area (Å²) in [6.45, 7) is 0.0969. The Hall–Kier alpha value is -1.91. The van der Waals surface area contributed by atoms with Crippen molar-refractivity contribution < 1.29 is 14.2 Å². The van der Waals surface area contributed by atoms with E-state index in [9.17, 15) is 9.50 Å². The van der Waals surface area contributed by atoms with Gasteiger partial charge in [-0.1, -0.05) is 24.3 Å². The van der Waals surface area contributed by atoms with Crippen molar-refractivity contribution in [3.63, 3.8) is 0 Å². The molecule has 1 atom stereocenters. The molecule has 19 heavy (non-hydrogen) atoms. The molecule has 0 fully saturated rings.